The van der Waals surface area contributed by atoms with Gasteiger partial charge >= 0.3 is 0 Å². The van der Waals surface area contributed by atoms with Gasteiger partial charge in [0.2, 0.25) is 0 Å². The van der Waals surface area contributed by atoms with E-state index in [0.717, 1.165) is 16.8 Å². The zero-order chi connectivity index (χ0) is 17.6. The molecule has 1 aliphatic carbocycles. The second-order valence-corrected chi connectivity index (χ2v) is 6.71. The van der Waals surface area contributed by atoms with Crippen molar-refractivity contribution < 1.29 is 0 Å². The summed E-state index contributed by atoms with van der Waals surface area (Å²) in [6, 6.07) is 18.7. The van der Waals surface area contributed by atoms with Gasteiger partial charge in [-0.1, -0.05) is 68.5 Å². The quantitative estimate of drug-likeness (QED) is 0.387. The number of benzene rings is 3. The van der Waals surface area contributed by atoms with Crippen molar-refractivity contribution in [1.82, 2.24) is 0 Å². The predicted octanol–water partition coefficient (Wildman–Crippen LogP) is 5.48. The average Bonchev–Trinajstić information content (AvgIpc) is 3.02. The lowest BCUT2D eigenvalue weighted by Crippen LogP contribution is -2.33. The summed E-state index contributed by atoms with van der Waals surface area (Å²) in [5.74, 6) is 0.372. The minimum Gasteiger partial charge on any atom is -0.369 e. The van der Waals surface area contributed by atoms with Crippen molar-refractivity contribution in [2.24, 2.45) is 5.73 Å². The highest BCUT2D eigenvalue weighted by molar-refractivity contribution is 6.14. The standard InChI is InChI=1S/C22H21N3/c1-14(2)17-7-3-4-9-19(17)25(22(23)24)20-13-12-16-11-10-15-6-5-8-18(20)21(15)16/h3-14H,1-2H3,(H3,23,24). The average molecular weight is 327 g/mol. The summed E-state index contributed by atoms with van der Waals surface area (Å²) in [5.41, 5.74) is 11.6. The van der Waals surface area contributed by atoms with Crippen molar-refractivity contribution in [2.75, 3.05) is 4.90 Å². The highest BCUT2D eigenvalue weighted by Gasteiger charge is 2.21. The Morgan fingerprint density at radius 1 is 0.880 bits per heavy atom. The fraction of sp³-hybridized carbons (Fsp3) is 0.136. The number of hydrogen-bond donors (Lipinski definition) is 2. The molecule has 4 rings (SSSR count). The van der Waals surface area contributed by atoms with Crippen LogP contribution in [0.15, 0.2) is 54.6 Å². The van der Waals surface area contributed by atoms with E-state index in [1.54, 1.807) is 0 Å². The first-order chi connectivity index (χ1) is 12.1. The van der Waals surface area contributed by atoms with Crippen molar-refractivity contribution >= 4 is 40.3 Å². The van der Waals surface area contributed by atoms with Crippen molar-refractivity contribution in [3.8, 4) is 0 Å². The summed E-state index contributed by atoms with van der Waals surface area (Å²) in [6.45, 7) is 4.32. The molecule has 0 atom stereocenters. The molecule has 0 unspecified atom stereocenters. The molecule has 0 aliphatic heterocycles. The number of guanidine groups is 1. The van der Waals surface area contributed by atoms with Crippen LogP contribution >= 0.6 is 0 Å². The first-order valence-corrected chi connectivity index (χ1v) is 8.55. The zero-order valence-corrected chi connectivity index (χ0v) is 14.5. The van der Waals surface area contributed by atoms with Crippen LogP contribution in [0, 0.1) is 5.41 Å². The molecular formula is C22H21N3. The van der Waals surface area contributed by atoms with Gasteiger partial charge in [-0.15, -0.1) is 0 Å². The maximum Gasteiger partial charge on any atom is 0.197 e. The summed E-state index contributed by atoms with van der Waals surface area (Å²) in [5, 5.41) is 10.6. The minimum atomic E-state index is 0.0276. The Kier molecular flexibility index (Phi) is 3.57. The van der Waals surface area contributed by atoms with Crippen molar-refractivity contribution in [3.63, 3.8) is 0 Å². The van der Waals surface area contributed by atoms with Gasteiger partial charge in [-0.05, 0) is 40.1 Å². The van der Waals surface area contributed by atoms with Crippen LogP contribution in [0.2, 0.25) is 0 Å². The van der Waals surface area contributed by atoms with Crippen LogP contribution in [0.1, 0.15) is 36.5 Å². The van der Waals surface area contributed by atoms with E-state index in [0.29, 0.717) is 5.92 Å². The fourth-order valence-electron chi connectivity index (χ4n) is 3.67. The van der Waals surface area contributed by atoms with Crippen molar-refractivity contribution in [3.05, 3.63) is 71.3 Å². The Balaban J connectivity index is 1.99. The van der Waals surface area contributed by atoms with Crippen LogP contribution < -0.4 is 10.6 Å². The lowest BCUT2D eigenvalue weighted by Gasteiger charge is -2.28. The van der Waals surface area contributed by atoms with E-state index < -0.39 is 0 Å². The van der Waals surface area contributed by atoms with Gasteiger partial charge in [-0.3, -0.25) is 10.3 Å². The van der Waals surface area contributed by atoms with Gasteiger partial charge in [0.15, 0.2) is 5.96 Å². The molecule has 0 spiro atoms. The zero-order valence-electron chi connectivity index (χ0n) is 14.5. The predicted molar refractivity (Wildman–Crippen MR) is 107 cm³/mol. The van der Waals surface area contributed by atoms with Crippen LogP contribution in [-0.2, 0) is 0 Å². The Hall–Kier alpha value is -3.07. The molecule has 25 heavy (non-hydrogen) atoms. The lowest BCUT2D eigenvalue weighted by atomic mass is 9.98. The number of anilines is 2. The second-order valence-electron chi connectivity index (χ2n) is 6.71. The molecule has 0 bridgehead atoms. The third-order valence-electron chi connectivity index (χ3n) is 4.81. The van der Waals surface area contributed by atoms with Gasteiger partial charge in [-0.2, -0.15) is 0 Å². The molecule has 0 saturated carbocycles. The van der Waals surface area contributed by atoms with Gasteiger partial charge < -0.3 is 5.73 Å². The van der Waals surface area contributed by atoms with E-state index in [2.05, 4.69) is 62.4 Å². The summed E-state index contributed by atoms with van der Waals surface area (Å²) in [7, 11) is 0. The molecule has 3 heteroatoms. The summed E-state index contributed by atoms with van der Waals surface area (Å²) >= 11 is 0. The molecular weight excluding hydrogens is 306 g/mol. The number of para-hydroxylation sites is 1. The van der Waals surface area contributed by atoms with E-state index in [4.69, 9.17) is 11.1 Å². The largest absolute Gasteiger partial charge is 0.369 e. The van der Waals surface area contributed by atoms with E-state index in [-0.39, 0.29) is 5.96 Å². The van der Waals surface area contributed by atoms with Crippen molar-refractivity contribution in [2.45, 2.75) is 19.8 Å². The molecule has 0 saturated heterocycles. The molecule has 0 heterocycles. The van der Waals surface area contributed by atoms with E-state index in [9.17, 15) is 0 Å². The van der Waals surface area contributed by atoms with E-state index in [1.807, 2.05) is 23.1 Å². The van der Waals surface area contributed by atoms with E-state index >= 15 is 0 Å². The highest BCUT2D eigenvalue weighted by atomic mass is 15.2. The maximum absolute atomic E-state index is 8.25. The Morgan fingerprint density at radius 3 is 2.32 bits per heavy atom. The molecule has 3 N–H and O–H groups in total. The van der Waals surface area contributed by atoms with E-state index in [1.165, 1.54) is 22.1 Å². The molecule has 124 valence electrons. The Morgan fingerprint density at radius 2 is 1.60 bits per heavy atom. The number of nitrogens with two attached hydrogens (primary N) is 1. The van der Waals surface area contributed by atoms with Crippen LogP contribution in [0.4, 0.5) is 11.4 Å². The van der Waals surface area contributed by atoms with Crippen LogP contribution in [-0.4, -0.2) is 5.96 Å². The molecule has 0 fully saturated rings. The lowest BCUT2D eigenvalue weighted by molar-refractivity contribution is 0.865. The normalized spacial score (nSPS) is 12.1. The molecule has 3 aromatic rings. The summed E-state index contributed by atoms with van der Waals surface area (Å²) in [4.78, 5) is 1.86. The Labute approximate surface area is 147 Å². The third-order valence-corrected chi connectivity index (χ3v) is 4.81. The maximum atomic E-state index is 8.25. The number of nitrogens with zero attached hydrogens (tertiary/aromatic N) is 1. The van der Waals surface area contributed by atoms with Crippen LogP contribution in [0.3, 0.4) is 0 Å². The molecule has 3 aromatic carbocycles. The minimum absolute atomic E-state index is 0.0276. The summed E-state index contributed by atoms with van der Waals surface area (Å²) < 4.78 is 0. The molecule has 0 radical (unpaired) electrons. The van der Waals surface area contributed by atoms with Crippen LogP contribution in [0.5, 0.6) is 0 Å². The first kappa shape index (κ1) is 15.5. The van der Waals surface area contributed by atoms with Gasteiger partial charge in [-0.25, -0.2) is 0 Å². The second kappa shape index (κ2) is 5.78. The molecule has 0 amide bonds. The van der Waals surface area contributed by atoms with Crippen LogP contribution in [0.25, 0.3) is 22.9 Å². The monoisotopic (exact) mass is 327 g/mol. The smallest absolute Gasteiger partial charge is 0.197 e. The van der Waals surface area contributed by atoms with Gasteiger partial charge in [0, 0.05) is 5.39 Å². The fourth-order valence-corrected chi connectivity index (χ4v) is 3.67. The Bertz CT molecular complexity index is 1000. The van der Waals surface area contributed by atoms with Crippen molar-refractivity contribution in [1.29, 1.82) is 5.41 Å². The third kappa shape index (κ3) is 2.40. The SMILES string of the molecule is CC(C)c1ccccc1N(C(=N)N)c1ccc2c3c(cccc13)C=C2. The molecule has 1 aliphatic rings. The topological polar surface area (TPSA) is 53.1 Å². The highest BCUT2D eigenvalue weighted by Crippen LogP contribution is 2.40. The number of nitrogens with one attached hydrogen (secondary N) is 1. The summed E-state index contributed by atoms with van der Waals surface area (Å²) in [6.07, 6.45) is 4.28. The molecule has 3 nitrogen and oxygen atoms in total. The first-order valence-electron chi connectivity index (χ1n) is 8.55. The van der Waals surface area contributed by atoms with Gasteiger partial charge in [0.25, 0.3) is 0 Å². The molecule has 0 aromatic heterocycles. The number of hydrogen-bond acceptors (Lipinski definition) is 1. The van der Waals surface area contributed by atoms with Gasteiger partial charge in [0.1, 0.15) is 0 Å². The van der Waals surface area contributed by atoms with Gasteiger partial charge in [0.05, 0.1) is 11.4 Å². The number of rotatable bonds is 3.